The molecule has 6 nitrogen and oxygen atoms in total. The topological polar surface area (TPSA) is 79.8 Å². The lowest BCUT2D eigenvalue weighted by molar-refractivity contribution is 0.0946. The molecule has 0 aliphatic carbocycles. The van der Waals surface area contributed by atoms with E-state index in [1.165, 1.54) is 6.33 Å². The highest BCUT2D eigenvalue weighted by atomic mass is 79.9. The molecule has 0 aliphatic heterocycles. The summed E-state index contributed by atoms with van der Waals surface area (Å²) in [4.78, 5) is 24.5. The quantitative estimate of drug-likeness (QED) is 0.687. The molecule has 1 amide bonds. The Hall–Kier alpha value is -2.80. The van der Waals surface area contributed by atoms with Gasteiger partial charge in [-0.3, -0.25) is 9.78 Å². The highest BCUT2D eigenvalue weighted by molar-refractivity contribution is 9.10. The standard InChI is InChI=1S/C18H16BrN5O/c1-12-4-5-14(7-15(12)19)24-17-8-16(22-11-23-17)18(25)21-10-13-3-2-6-20-9-13/h2-9,11H,10H2,1H3,(H,21,25)(H,22,23,24). The minimum absolute atomic E-state index is 0.264. The molecular formula is C18H16BrN5O. The maximum Gasteiger partial charge on any atom is 0.270 e. The Labute approximate surface area is 153 Å². The van der Waals surface area contributed by atoms with Gasteiger partial charge in [-0.15, -0.1) is 0 Å². The van der Waals surface area contributed by atoms with Crippen molar-refractivity contribution in [2.75, 3.05) is 5.32 Å². The zero-order valence-electron chi connectivity index (χ0n) is 13.5. The minimum Gasteiger partial charge on any atom is -0.347 e. The van der Waals surface area contributed by atoms with Gasteiger partial charge >= 0.3 is 0 Å². The number of anilines is 2. The minimum atomic E-state index is -0.264. The molecule has 0 radical (unpaired) electrons. The zero-order chi connectivity index (χ0) is 17.6. The van der Waals surface area contributed by atoms with Crippen molar-refractivity contribution in [3.05, 3.63) is 76.4 Å². The number of carbonyl (C=O) groups excluding carboxylic acids is 1. The van der Waals surface area contributed by atoms with E-state index < -0.39 is 0 Å². The monoisotopic (exact) mass is 397 g/mol. The highest BCUT2D eigenvalue weighted by Crippen LogP contribution is 2.22. The van der Waals surface area contributed by atoms with Crippen LogP contribution in [0.3, 0.4) is 0 Å². The Morgan fingerprint density at radius 3 is 2.84 bits per heavy atom. The van der Waals surface area contributed by atoms with Crippen molar-refractivity contribution >= 4 is 33.3 Å². The van der Waals surface area contributed by atoms with E-state index >= 15 is 0 Å². The number of halogens is 1. The van der Waals surface area contributed by atoms with Gasteiger partial charge in [0.2, 0.25) is 0 Å². The van der Waals surface area contributed by atoms with Gasteiger partial charge in [0.25, 0.3) is 5.91 Å². The molecule has 3 aromatic rings. The molecule has 2 aromatic heterocycles. The summed E-state index contributed by atoms with van der Waals surface area (Å²) in [5.74, 6) is 0.289. The molecule has 3 rings (SSSR count). The van der Waals surface area contributed by atoms with Gasteiger partial charge in [0.1, 0.15) is 17.8 Å². The van der Waals surface area contributed by atoms with Crippen LogP contribution in [0.2, 0.25) is 0 Å². The summed E-state index contributed by atoms with van der Waals surface area (Å²) in [5.41, 5.74) is 3.24. The van der Waals surface area contributed by atoms with Crippen LogP contribution in [0.1, 0.15) is 21.6 Å². The van der Waals surface area contributed by atoms with Crippen molar-refractivity contribution in [1.82, 2.24) is 20.3 Å². The van der Waals surface area contributed by atoms with Crippen LogP contribution >= 0.6 is 15.9 Å². The Balaban J connectivity index is 1.68. The van der Waals surface area contributed by atoms with Gasteiger partial charge in [-0.05, 0) is 36.2 Å². The summed E-state index contributed by atoms with van der Waals surface area (Å²) >= 11 is 3.50. The fourth-order valence-corrected chi connectivity index (χ4v) is 2.52. The largest absolute Gasteiger partial charge is 0.347 e. The second-order valence-corrected chi connectivity index (χ2v) is 6.28. The van der Waals surface area contributed by atoms with Crippen LogP contribution in [-0.2, 0) is 6.54 Å². The molecule has 0 saturated carbocycles. The lowest BCUT2D eigenvalue weighted by atomic mass is 10.2. The van der Waals surface area contributed by atoms with Crippen molar-refractivity contribution in [3.8, 4) is 0 Å². The van der Waals surface area contributed by atoms with Crippen LogP contribution in [0.25, 0.3) is 0 Å². The van der Waals surface area contributed by atoms with Gasteiger partial charge in [0, 0.05) is 35.2 Å². The lowest BCUT2D eigenvalue weighted by Gasteiger charge is -2.09. The second kappa shape index (κ2) is 7.85. The maximum atomic E-state index is 12.3. The molecule has 1 aromatic carbocycles. The third kappa shape index (κ3) is 4.60. The third-order valence-electron chi connectivity index (χ3n) is 3.52. The lowest BCUT2D eigenvalue weighted by Crippen LogP contribution is -2.24. The Bertz CT molecular complexity index is 886. The SMILES string of the molecule is Cc1ccc(Nc2cc(C(=O)NCc3cccnc3)ncn2)cc1Br. The summed E-state index contributed by atoms with van der Waals surface area (Å²) in [6.07, 6.45) is 4.77. The normalized spacial score (nSPS) is 10.3. The first-order valence-corrected chi connectivity index (χ1v) is 8.43. The number of benzene rings is 1. The van der Waals surface area contributed by atoms with E-state index in [2.05, 4.69) is 41.5 Å². The van der Waals surface area contributed by atoms with Crippen LogP contribution in [0, 0.1) is 6.92 Å². The Morgan fingerprint density at radius 2 is 2.08 bits per heavy atom. The number of rotatable bonds is 5. The third-order valence-corrected chi connectivity index (χ3v) is 4.37. The number of hydrogen-bond acceptors (Lipinski definition) is 5. The fourth-order valence-electron chi connectivity index (χ4n) is 2.14. The molecule has 0 unspecified atom stereocenters. The molecule has 2 N–H and O–H groups in total. The van der Waals surface area contributed by atoms with Crippen molar-refractivity contribution in [2.45, 2.75) is 13.5 Å². The average molecular weight is 398 g/mol. The Kier molecular flexibility index (Phi) is 5.35. The average Bonchev–Trinajstić information content (AvgIpc) is 2.64. The van der Waals surface area contributed by atoms with Crippen molar-refractivity contribution in [2.24, 2.45) is 0 Å². The molecule has 0 bridgehead atoms. The summed E-state index contributed by atoms with van der Waals surface area (Å²) in [6.45, 7) is 2.41. The molecule has 0 atom stereocenters. The highest BCUT2D eigenvalue weighted by Gasteiger charge is 2.09. The van der Waals surface area contributed by atoms with Crippen LogP contribution in [0.5, 0.6) is 0 Å². The first kappa shape index (κ1) is 17.0. The van der Waals surface area contributed by atoms with Crippen LogP contribution in [-0.4, -0.2) is 20.9 Å². The molecule has 7 heteroatoms. The number of hydrogen-bond donors (Lipinski definition) is 2. The predicted molar refractivity (Wildman–Crippen MR) is 99.6 cm³/mol. The van der Waals surface area contributed by atoms with Gasteiger partial charge in [-0.2, -0.15) is 0 Å². The van der Waals surface area contributed by atoms with Crippen LogP contribution < -0.4 is 10.6 Å². The van der Waals surface area contributed by atoms with E-state index in [0.717, 1.165) is 21.3 Å². The molecule has 0 saturated heterocycles. The summed E-state index contributed by atoms with van der Waals surface area (Å²) in [7, 11) is 0. The molecular weight excluding hydrogens is 382 g/mol. The van der Waals surface area contributed by atoms with Crippen LogP contribution in [0.4, 0.5) is 11.5 Å². The summed E-state index contributed by atoms with van der Waals surface area (Å²) in [6, 6.07) is 11.2. The van der Waals surface area contributed by atoms with E-state index in [4.69, 9.17) is 0 Å². The number of aromatic nitrogens is 3. The molecule has 2 heterocycles. The first-order chi connectivity index (χ1) is 12.1. The van der Waals surface area contributed by atoms with Crippen LogP contribution in [0.15, 0.2) is 59.6 Å². The van der Waals surface area contributed by atoms with Crippen molar-refractivity contribution in [3.63, 3.8) is 0 Å². The molecule has 126 valence electrons. The number of carbonyl (C=O) groups is 1. The fraction of sp³-hybridized carbons (Fsp3) is 0.111. The molecule has 0 spiro atoms. The second-order valence-electron chi connectivity index (χ2n) is 5.42. The van der Waals surface area contributed by atoms with E-state index in [1.807, 2.05) is 37.3 Å². The van der Waals surface area contributed by atoms with Crippen molar-refractivity contribution < 1.29 is 4.79 Å². The van der Waals surface area contributed by atoms with Gasteiger partial charge in [0.15, 0.2) is 0 Å². The van der Waals surface area contributed by atoms with Crippen molar-refractivity contribution in [1.29, 1.82) is 0 Å². The number of nitrogens with one attached hydrogen (secondary N) is 2. The molecule has 0 fully saturated rings. The maximum absolute atomic E-state index is 12.3. The number of amides is 1. The van der Waals surface area contributed by atoms with E-state index in [9.17, 15) is 4.79 Å². The van der Waals surface area contributed by atoms with Gasteiger partial charge < -0.3 is 10.6 Å². The predicted octanol–water partition coefficient (Wildman–Crippen LogP) is 3.62. The number of nitrogens with zero attached hydrogens (tertiary/aromatic N) is 3. The number of pyridine rings is 1. The van der Waals surface area contributed by atoms with Gasteiger partial charge in [-0.25, -0.2) is 9.97 Å². The summed E-state index contributed by atoms with van der Waals surface area (Å²) < 4.78 is 1.00. The molecule has 0 aliphatic rings. The number of aryl methyl sites for hydroxylation is 1. The van der Waals surface area contributed by atoms with E-state index in [0.29, 0.717) is 18.1 Å². The molecule has 25 heavy (non-hydrogen) atoms. The van der Waals surface area contributed by atoms with Gasteiger partial charge in [-0.1, -0.05) is 28.1 Å². The smallest absolute Gasteiger partial charge is 0.270 e. The van der Waals surface area contributed by atoms with E-state index in [-0.39, 0.29) is 5.91 Å². The van der Waals surface area contributed by atoms with E-state index in [1.54, 1.807) is 18.5 Å². The zero-order valence-corrected chi connectivity index (χ0v) is 15.1. The first-order valence-electron chi connectivity index (χ1n) is 7.64. The Morgan fingerprint density at radius 1 is 1.20 bits per heavy atom. The van der Waals surface area contributed by atoms with Gasteiger partial charge in [0.05, 0.1) is 0 Å². The summed E-state index contributed by atoms with van der Waals surface area (Å²) in [5, 5.41) is 5.99.